The number of rotatable bonds is 7. The molecule has 0 unspecified atom stereocenters. The minimum absolute atomic E-state index is 0.512. The molecule has 3 rings (SSSR count). The minimum atomic E-state index is 0.512. The topological polar surface area (TPSA) is 67.1 Å². The van der Waals surface area contributed by atoms with Crippen molar-refractivity contribution in [1.29, 1.82) is 0 Å². The normalized spacial score (nSPS) is 11.5. The number of benzene rings is 1. The van der Waals surface area contributed by atoms with Gasteiger partial charge in [-0.1, -0.05) is 35.9 Å². The molecule has 29 heavy (non-hydrogen) atoms. The van der Waals surface area contributed by atoms with Gasteiger partial charge in [-0.15, -0.1) is 0 Å². The molecular formula is C22H27ClN6. The fourth-order valence-electron chi connectivity index (χ4n) is 3.10. The van der Waals surface area contributed by atoms with Crippen LogP contribution in [0.3, 0.4) is 0 Å². The number of halogens is 1. The number of nitrogens with zero attached hydrogens (tertiary/aromatic N) is 4. The smallest absolute Gasteiger partial charge is 0.191 e. The Morgan fingerprint density at radius 3 is 2.59 bits per heavy atom. The van der Waals surface area contributed by atoms with Crippen molar-refractivity contribution in [3.8, 4) is 5.69 Å². The van der Waals surface area contributed by atoms with Gasteiger partial charge in [-0.3, -0.25) is 0 Å². The Kier molecular flexibility index (Phi) is 7.25. The van der Waals surface area contributed by atoms with Crippen LogP contribution in [0.15, 0.2) is 53.7 Å². The van der Waals surface area contributed by atoms with E-state index in [2.05, 4.69) is 41.6 Å². The lowest BCUT2D eigenvalue weighted by Gasteiger charge is -2.11. The van der Waals surface area contributed by atoms with Gasteiger partial charge in [-0.05, 0) is 51.0 Å². The van der Waals surface area contributed by atoms with Gasteiger partial charge in [0.15, 0.2) is 5.96 Å². The molecule has 0 aliphatic rings. The van der Waals surface area contributed by atoms with Crippen LogP contribution in [0.4, 0.5) is 0 Å². The summed E-state index contributed by atoms with van der Waals surface area (Å²) in [6.07, 6.45) is 2.65. The molecule has 0 aliphatic carbocycles. The van der Waals surface area contributed by atoms with Crippen LogP contribution in [0.2, 0.25) is 5.15 Å². The van der Waals surface area contributed by atoms with E-state index in [1.807, 2.05) is 41.9 Å². The number of guanidine groups is 1. The molecule has 0 amide bonds. The second-order valence-corrected chi connectivity index (χ2v) is 7.15. The zero-order chi connectivity index (χ0) is 20.6. The fourth-order valence-corrected chi connectivity index (χ4v) is 3.22. The average Bonchev–Trinajstić information content (AvgIpc) is 3.02. The van der Waals surface area contributed by atoms with Gasteiger partial charge in [-0.25, -0.2) is 14.7 Å². The molecule has 0 saturated heterocycles. The molecule has 2 heterocycles. The van der Waals surface area contributed by atoms with Crippen molar-refractivity contribution < 1.29 is 0 Å². The predicted octanol–water partition coefficient (Wildman–Crippen LogP) is 3.84. The van der Waals surface area contributed by atoms with Crippen molar-refractivity contribution in [3.05, 3.63) is 76.3 Å². The van der Waals surface area contributed by atoms with Crippen LogP contribution in [0.5, 0.6) is 0 Å². The highest BCUT2D eigenvalue weighted by atomic mass is 35.5. The van der Waals surface area contributed by atoms with Gasteiger partial charge in [0.1, 0.15) is 5.15 Å². The Morgan fingerprint density at radius 1 is 1.10 bits per heavy atom. The standard InChI is InChI=1S/C22H27ClN6/c1-4-24-22(25-13-12-18-10-11-21(23)26-14-18)27-15-20-16(2)28-29(17(20)3)19-8-6-5-7-9-19/h5-11,14H,4,12-13,15H2,1-3H3,(H2,24,25,27). The zero-order valence-corrected chi connectivity index (χ0v) is 17.9. The van der Waals surface area contributed by atoms with Gasteiger partial charge in [0.25, 0.3) is 0 Å². The Labute approximate surface area is 177 Å². The van der Waals surface area contributed by atoms with Crippen LogP contribution >= 0.6 is 11.6 Å². The molecule has 152 valence electrons. The lowest BCUT2D eigenvalue weighted by molar-refractivity contribution is 0.796. The molecule has 0 spiro atoms. The molecule has 0 aliphatic heterocycles. The fraction of sp³-hybridized carbons (Fsp3) is 0.318. The van der Waals surface area contributed by atoms with Gasteiger partial charge in [0.05, 0.1) is 17.9 Å². The number of hydrogen-bond acceptors (Lipinski definition) is 3. The molecule has 1 aromatic carbocycles. The summed E-state index contributed by atoms with van der Waals surface area (Å²) in [4.78, 5) is 8.88. The van der Waals surface area contributed by atoms with E-state index in [-0.39, 0.29) is 0 Å². The number of aliphatic imine (C=N–C) groups is 1. The second-order valence-electron chi connectivity index (χ2n) is 6.76. The molecule has 3 aromatic rings. The third-order valence-electron chi connectivity index (χ3n) is 4.68. The van der Waals surface area contributed by atoms with E-state index < -0.39 is 0 Å². The van der Waals surface area contributed by atoms with E-state index in [0.717, 1.165) is 53.7 Å². The van der Waals surface area contributed by atoms with E-state index in [1.54, 1.807) is 6.20 Å². The highest BCUT2D eigenvalue weighted by molar-refractivity contribution is 6.29. The first-order valence-electron chi connectivity index (χ1n) is 9.81. The number of para-hydroxylation sites is 1. The maximum absolute atomic E-state index is 5.84. The van der Waals surface area contributed by atoms with Gasteiger partial charge in [0.2, 0.25) is 0 Å². The van der Waals surface area contributed by atoms with E-state index in [9.17, 15) is 0 Å². The summed E-state index contributed by atoms with van der Waals surface area (Å²) in [5, 5.41) is 11.9. The number of aryl methyl sites for hydroxylation is 1. The molecule has 2 N–H and O–H groups in total. The van der Waals surface area contributed by atoms with Gasteiger partial charge in [0, 0.05) is 30.5 Å². The van der Waals surface area contributed by atoms with Crippen LogP contribution < -0.4 is 10.6 Å². The summed E-state index contributed by atoms with van der Waals surface area (Å²) in [5.41, 5.74) is 5.45. The second kappa shape index (κ2) is 10.1. The number of aromatic nitrogens is 3. The molecular weight excluding hydrogens is 384 g/mol. The van der Waals surface area contributed by atoms with Crippen molar-refractivity contribution in [2.75, 3.05) is 13.1 Å². The Hall–Kier alpha value is -2.86. The first kappa shape index (κ1) is 20.9. The monoisotopic (exact) mass is 410 g/mol. The summed E-state index contributed by atoms with van der Waals surface area (Å²) in [6.45, 7) is 8.31. The third kappa shape index (κ3) is 5.57. The molecule has 0 bridgehead atoms. The molecule has 6 nitrogen and oxygen atoms in total. The van der Waals surface area contributed by atoms with Crippen LogP contribution in [0.25, 0.3) is 5.69 Å². The maximum Gasteiger partial charge on any atom is 0.191 e. The number of pyridine rings is 1. The van der Waals surface area contributed by atoms with Crippen molar-refractivity contribution in [2.24, 2.45) is 4.99 Å². The quantitative estimate of drug-likeness (QED) is 0.353. The van der Waals surface area contributed by atoms with E-state index >= 15 is 0 Å². The molecule has 0 radical (unpaired) electrons. The van der Waals surface area contributed by atoms with Gasteiger partial charge >= 0.3 is 0 Å². The van der Waals surface area contributed by atoms with E-state index in [1.165, 1.54) is 0 Å². The van der Waals surface area contributed by atoms with Gasteiger partial charge in [-0.2, -0.15) is 5.10 Å². The van der Waals surface area contributed by atoms with Crippen molar-refractivity contribution in [3.63, 3.8) is 0 Å². The first-order chi connectivity index (χ1) is 14.1. The van der Waals surface area contributed by atoms with Crippen LogP contribution in [0.1, 0.15) is 29.4 Å². The van der Waals surface area contributed by atoms with Crippen LogP contribution in [-0.2, 0) is 13.0 Å². The molecule has 0 saturated carbocycles. The van der Waals surface area contributed by atoms with Crippen molar-refractivity contribution in [1.82, 2.24) is 25.4 Å². The lowest BCUT2D eigenvalue weighted by atomic mass is 10.2. The van der Waals surface area contributed by atoms with Crippen LogP contribution in [-0.4, -0.2) is 33.8 Å². The largest absolute Gasteiger partial charge is 0.357 e. The Morgan fingerprint density at radius 2 is 1.90 bits per heavy atom. The van der Waals surface area contributed by atoms with E-state index in [0.29, 0.717) is 11.7 Å². The summed E-state index contributed by atoms with van der Waals surface area (Å²) in [7, 11) is 0. The summed E-state index contributed by atoms with van der Waals surface area (Å²) in [5.74, 6) is 0.792. The summed E-state index contributed by atoms with van der Waals surface area (Å²) >= 11 is 5.84. The summed E-state index contributed by atoms with van der Waals surface area (Å²) < 4.78 is 1.98. The molecule has 7 heteroatoms. The first-order valence-corrected chi connectivity index (χ1v) is 10.2. The molecule has 2 aromatic heterocycles. The minimum Gasteiger partial charge on any atom is -0.357 e. The van der Waals surface area contributed by atoms with E-state index in [4.69, 9.17) is 21.7 Å². The van der Waals surface area contributed by atoms with Crippen molar-refractivity contribution >= 4 is 17.6 Å². The van der Waals surface area contributed by atoms with Gasteiger partial charge < -0.3 is 10.6 Å². The Bertz CT molecular complexity index is 947. The lowest BCUT2D eigenvalue weighted by Crippen LogP contribution is -2.38. The Balaban J connectivity index is 1.67. The highest BCUT2D eigenvalue weighted by Gasteiger charge is 2.12. The van der Waals surface area contributed by atoms with Crippen molar-refractivity contribution in [2.45, 2.75) is 33.7 Å². The number of nitrogens with one attached hydrogen (secondary N) is 2. The molecule has 0 atom stereocenters. The zero-order valence-electron chi connectivity index (χ0n) is 17.1. The number of hydrogen-bond donors (Lipinski definition) is 2. The summed E-state index contributed by atoms with van der Waals surface area (Å²) in [6, 6.07) is 14.0. The SMILES string of the molecule is CCNC(=NCc1c(C)nn(-c2ccccc2)c1C)NCCc1ccc(Cl)nc1. The molecule has 0 fully saturated rings. The average molecular weight is 411 g/mol. The predicted molar refractivity (Wildman–Crippen MR) is 119 cm³/mol. The maximum atomic E-state index is 5.84. The third-order valence-corrected chi connectivity index (χ3v) is 4.90. The highest BCUT2D eigenvalue weighted by Crippen LogP contribution is 2.18. The van der Waals surface area contributed by atoms with Crippen LogP contribution in [0, 0.1) is 13.8 Å².